The van der Waals surface area contributed by atoms with Crippen molar-refractivity contribution in [3.05, 3.63) is 102 Å². The molecule has 2 heterocycles. The molecule has 0 bridgehead atoms. The van der Waals surface area contributed by atoms with E-state index < -0.39 is 0 Å². The van der Waals surface area contributed by atoms with Gasteiger partial charge in [-0.15, -0.1) is 0 Å². The van der Waals surface area contributed by atoms with Crippen molar-refractivity contribution in [3.8, 4) is 0 Å². The van der Waals surface area contributed by atoms with Gasteiger partial charge in [-0.1, -0.05) is 72.8 Å². The average Bonchev–Trinajstić information content (AvgIpc) is 3.36. The number of carbonyl (C=O) groups is 1. The van der Waals surface area contributed by atoms with E-state index in [1.54, 1.807) is 0 Å². The fourth-order valence-electron chi connectivity index (χ4n) is 4.63. The summed E-state index contributed by atoms with van der Waals surface area (Å²) in [7, 11) is 0. The third kappa shape index (κ3) is 4.24. The van der Waals surface area contributed by atoms with E-state index >= 15 is 0 Å². The molecule has 1 aromatic heterocycles. The van der Waals surface area contributed by atoms with Crippen LogP contribution < -0.4 is 0 Å². The van der Waals surface area contributed by atoms with E-state index in [2.05, 4.69) is 65.2 Å². The molecule has 31 heavy (non-hydrogen) atoms. The van der Waals surface area contributed by atoms with Crippen LogP contribution in [0, 0.1) is 0 Å². The number of nitrogens with zero attached hydrogens (tertiary/aromatic N) is 3. The van der Waals surface area contributed by atoms with Crippen LogP contribution in [0.25, 0.3) is 11.0 Å². The minimum Gasteiger partial charge on any atom is -0.338 e. The van der Waals surface area contributed by atoms with E-state index in [1.165, 1.54) is 16.6 Å². The molecular formula is C27H27N3O. The van der Waals surface area contributed by atoms with Crippen LogP contribution >= 0.6 is 0 Å². The SMILES string of the molecule is O=C1C[C@@H](c2nc3ccccc3n2CCCc2ccccc2)CN1Cc1ccccc1. The molecule has 1 amide bonds. The first kappa shape index (κ1) is 19.6. The zero-order chi connectivity index (χ0) is 21.0. The molecule has 1 fully saturated rings. The number of benzene rings is 3. The topological polar surface area (TPSA) is 38.1 Å². The molecule has 0 unspecified atom stereocenters. The maximum Gasteiger partial charge on any atom is 0.223 e. The third-order valence-electron chi connectivity index (χ3n) is 6.17. The number of aryl methyl sites for hydroxylation is 2. The van der Waals surface area contributed by atoms with Crippen LogP contribution in [0.15, 0.2) is 84.9 Å². The predicted octanol–water partition coefficient (Wildman–Crippen LogP) is 5.19. The molecule has 0 N–H and O–H groups in total. The monoisotopic (exact) mass is 409 g/mol. The summed E-state index contributed by atoms with van der Waals surface area (Å²) in [6.45, 7) is 2.31. The Bertz CT molecular complexity index is 1170. The molecule has 0 spiro atoms. The fourth-order valence-corrected chi connectivity index (χ4v) is 4.63. The van der Waals surface area contributed by atoms with Crippen molar-refractivity contribution >= 4 is 16.9 Å². The Labute approximate surface area is 183 Å². The lowest BCUT2D eigenvalue weighted by molar-refractivity contribution is -0.128. The molecule has 1 aliphatic rings. The number of para-hydroxylation sites is 2. The van der Waals surface area contributed by atoms with Gasteiger partial charge in [0.1, 0.15) is 5.82 Å². The maximum absolute atomic E-state index is 12.8. The highest BCUT2D eigenvalue weighted by molar-refractivity contribution is 5.81. The van der Waals surface area contributed by atoms with Crippen LogP contribution in [0.5, 0.6) is 0 Å². The summed E-state index contributed by atoms with van der Waals surface area (Å²) in [5.74, 6) is 1.41. The van der Waals surface area contributed by atoms with E-state index in [1.807, 2.05) is 29.2 Å². The number of carbonyl (C=O) groups excluding carboxylic acids is 1. The number of rotatable bonds is 7. The summed E-state index contributed by atoms with van der Waals surface area (Å²) < 4.78 is 2.35. The second-order valence-electron chi connectivity index (χ2n) is 8.36. The van der Waals surface area contributed by atoms with Crippen molar-refractivity contribution in [2.45, 2.75) is 38.3 Å². The zero-order valence-electron chi connectivity index (χ0n) is 17.7. The molecule has 1 atom stereocenters. The van der Waals surface area contributed by atoms with Gasteiger partial charge in [-0.2, -0.15) is 0 Å². The predicted molar refractivity (Wildman–Crippen MR) is 124 cm³/mol. The van der Waals surface area contributed by atoms with Gasteiger partial charge in [0.15, 0.2) is 0 Å². The smallest absolute Gasteiger partial charge is 0.223 e. The number of fused-ring (bicyclic) bond motifs is 1. The summed E-state index contributed by atoms with van der Waals surface area (Å²) >= 11 is 0. The Balaban J connectivity index is 1.36. The quantitative estimate of drug-likeness (QED) is 0.422. The molecule has 5 rings (SSSR count). The average molecular weight is 410 g/mol. The zero-order valence-corrected chi connectivity index (χ0v) is 17.7. The first-order valence-corrected chi connectivity index (χ1v) is 11.1. The molecule has 0 saturated carbocycles. The number of amides is 1. The second kappa shape index (κ2) is 8.76. The van der Waals surface area contributed by atoms with Crippen LogP contribution in [0.1, 0.15) is 35.7 Å². The summed E-state index contributed by atoms with van der Waals surface area (Å²) in [6, 6.07) is 29.2. The van der Waals surface area contributed by atoms with Crippen molar-refractivity contribution in [2.75, 3.05) is 6.54 Å². The van der Waals surface area contributed by atoms with Crippen molar-refractivity contribution < 1.29 is 4.79 Å². The first-order chi connectivity index (χ1) is 15.3. The third-order valence-corrected chi connectivity index (χ3v) is 6.17. The van der Waals surface area contributed by atoms with Crippen LogP contribution in [0.2, 0.25) is 0 Å². The minimum atomic E-state index is 0.139. The number of hydrogen-bond acceptors (Lipinski definition) is 2. The first-order valence-electron chi connectivity index (χ1n) is 11.1. The van der Waals surface area contributed by atoms with Gasteiger partial charge in [-0.25, -0.2) is 4.98 Å². The van der Waals surface area contributed by atoms with Crippen LogP contribution in [-0.4, -0.2) is 26.9 Å². The van der Waals surface area contributed by atoms with Crippen LogP contribution in [0.3, 0.4) is 0 Å². The molecule has 4 nitrogen and oxygen atoms in total. The highest BCUT2D eigenvalue weighted by Gasteiger charge is 2.33. The van der Waals surface area contributed by atoms with E-state index in [0.717, 1.165) is 37.3 Å². The van der Waals surface area contributed by atoms with Gasteiger partial charge in [0.05, 0.1) is 11.0 Å². The highest BCUT2D eigenvalue weighted by atomic mass is 16.2. The highest BCUT2D eigenvalue weighted by Crippen LogP contribution is 2.31. The molecule has 4 heteroatoms. The summed E-state index contributed by atoms with van der Waals surface area (Å²) in [6.07, 6.45) is 2.62. The largest absolute Gasteiger partial charge is 0.338 e. The Morgan fingerprint density at radius 1 is 0.839 bits per heavy atom. The van der Waals surface area contributed by atoms with E-state index in [9.17, 15) is 4.79 Å². The minimum absolute atomic E-state index is 0.139. The Morgan fingerprint density at radius 2 is 1.52 bits per heavy atom. The summed E-state index contributed by atoms with van der Waals surface area (Å²) in [5.41, 5.74) is 4.72. The number of aromatic nitrogens is 2. The van der Waals surface area contributed by atoms with Gasteiger partial charge in [-0.05, 0) is 36.1 Å². The van der Waals surface area contributed by atoms with Crippen molar-refractivity contribution in [1.29, 1.82) is 0 Å². The molecule has 3 aromatic carbocycles. The standard InChI is InChI=1S/C27H27N3O/c31-26-18-23(20-29(26)19-22-12-5-2-6-13-22)27-28-24-15-7-8-16-25(24)30(27)17-9-14-21-10-3-1-4-11-21/h1-8,10-13,15-16,23H,9,14,17-20H2/t23-/m1/s1. The van der Waals surface area contributed by atoms with Crippen LogP contribution in [-0.2, 0) is 24.3 Å². The van der Waals surface area contributed by atoms with E-state index in [4.69, 9.17) is 4.98 Å². The molecule has 0 aliphatic carbocycles. The van der Waals surface area contributed by atoms with E-state index in [0.29, 0.717) is 13.0 Å². The normalized spacial score (nSPS) is 16.3. The maximum atomic E-state index is 12.8. The molecular weight excluding hydrogens is 382 g/mol. The lowest BCUT2D eigenvalue weighted by atomic mass is 10.1. The van der Waals surface area contributed by atoms with Gasteiger partial charge < -0.3 is 9.47 Å². The Morgan fingerprint density at radius 3 is 2.29 bits per heavy atom. The molecule has 1 aliphatic heterocycles. The van der Waals surface area contributed by atoms with Crippen molar-refractivity contribution in [2.24, 2.45) is 0 Å². The van der Waals surface area contributed by atoms with Gasteiger partial charge >= 0.3 is 0 Å². The number of hydrogen-bond donors (Lipinski definition) is 0. The van der Waals surface area contributed by atoms with E-state index in [-0.39, 0.29) is 11.8 Å². The fraction of sp³-hybridized carbons (Fsp3) is 0.259. The van der Waals surface area contributed by atoms with Crippen molar-refractivity contribution in [3.63, 3.8) is 0 Å². The summed E-state index contributed by atoms with van der Waals surface area (Å²) in [4.78, 5) is 19.7. The lowest BCUT2D eigenvalue weighted by Gasteiger charge is -2.17. The molecule has 156 valence electrons. The van der Waals surface area contributed by atoms with Crippen molar-refractivity contribution in [1.82, 2.24) is 14.5 Å². The Hall–Kier alpha value is -3.40. The lowest BCUT2D eigenvalue weighted by Crippen LogP contribution is -2.24. The van der Waals surface area contributed by atoms with Gasteiger partial charge in [-0.3, -0.25) is 4.79 Å². The van der Waals surface area contributed by atoms with Crippen LogP contribution in [0.4, 0.5) is 0 Å². The molecule has 0 radical (unpaired) electrons. The summed E-state index contributed by atoms with van der Waals surface area (Å²) in [5, 5.41) is 0. The number of imidazole rings is 1. The number of likely N-dealkylation sites (tertiary alicyclic amines) is 1. The van der Waals surface area contributed by atoms with Gasteiger partial charge in [0, 0.05) is 32.0 Å². The van der Waals surface area contributed by atoms with Gasteiger partial charge in [0.25, 0.3) is 0 Å². The Kier molecular flexibility index (Phi) is 5.53. The molecule has 4 aromatic rings. The second-order valence-corrected chi connectivity index (χ2v) is 8.36. The van der Waals surface area contributed by atoms with Gasteiger partial charge in [0.2, 0.25) is 5.91 Å². The molecule has 1 saturated heterocycles.